The molecule has 0 amide bonds. The minimum absolute atomic E-state index is 0.301. The van der Waals surface area contributed by atoms with Crippen molar-refractivity contribution in [3.63, 3.8) is 0 Å². The van der Waals surface area contributed by atoms with E-state index in [4.69, 9.17) is 9.84 Å². The second kappa shape index (κ2) is 7.63. The van der Waals surface area contributed by atoms with E-state index in [0.717, 1.165) is 51.9 Å². The van der Waals surface area contributed by atoms with Crippen molar-refractivity contribution in [3.8, 4) is 0 Å². The molecule has 0 unspecified atom stereocenters. The molecule has 1 rings (SSSR count). The van der Waals surface area contributed by atoms with Crippen LogP contribution in [0.3, 0.4) is 0 Å². The Kier molecular flexibility index (Phi) is 6.42. The van der Waals surface area contributed by atoms with E-state index in [1.165, 1.54) is 0 Å². The molecule has 0 bridgehead atoms. The number of hydrogen-bond donors (Lipinski definition) is 1. The second-order valence-electron chi connectivity index (χ2n) is 4.35. The fourth-order valence-corrected chi connectivity index (χ4v) is 2.15. The van der Waals surface area contributed by atoms with Crippen molar-refractivity contribution in [2.75, 3.05) is 26.2 Å². The Morgan fingerprint density at radius 3 is 2.62 bits per heavy atom. The summed E-state index contributed by atoms with van der Waals surface area (Å²) in [5, 5.41) is 8.51. The number of ether oxygens (including phenoxy) is 1. The zero-order valence-electron chi connectivity index (χ0n) is 10.2. The molecule has 0 saturated carbocycles. The normalized spacial score (nSPS) is 18.8. The number of carboxylic acid groups (broad SMARTS) is 1. The van der Waals surface area contributed by atoms with E-state index in [-0.39, 0.29) is 0 Å². The number of rotatable bonds is 7. The van der Waals surface area contributed by atoms with Crippen LogP contribution >= 0.6 is 0 Å². The molecule has 1 saturated heterocycles. The highest BCUT2D eigenvalue weighted by molar-refractivity contribution is 5.66. The van der Waals surface area contributed by atoms with Crippen LogP contribution in [0.1, 0.15) is 39.0 Å². The fraction of sp³-hybridized carbons (Fsp3) is 0.917. The van der Waals surface area contributed by atoms with Gasteiger partial charge in [-0.1, -0.05) is 0 Å². The Balaban J connectivity index is 2.01. The molecule has 0 aromatic heterocycles. The maximum absolute atomic E-state index is 10.3. The molecule has 16 heavy (non-hydrogen) atoms. The van der Waals surface area contributed by atoms with Crippen LogP contribution in [-0.4, -0.2) is 48.3 Å². The quantitative estimate of drug-likeness (QED) is 0.676. The SMILES string of the molecule is CCOC1CCN(CCCCC(=O)O)CC1. The van der Waals surface area contributed by atoms with E-state index in [2.05, 4.69) is 4.90 Å². The second-order valence-corrected chi connectivity index (χ2v) is 4.35. The average molecular weight is 229 g/mol. The molecule has 1 fully saturated rings. The van der Waals surface area contributed by atoms with Gasteiger partial charge in [0.25, 0.3) is 0 Å². The molecular formula is C12H23NO3. The summed E-state index contributed by atoms with van der Waals surface area (Å²) in [5.41, 5.74) is 0. The fourth-order valence-electron chi connectivity index (χ4n) is 2.15. The highest BCUT2D eigenvalue weighted by atomic mass is 16.5. The van der Waals surface area contributed by atoms with E-state index in [1.54, 1.807) is 0 Å². The van der Waals surface area contributed by atoms with Gasteiger partial charge in [-0.05, 0) is 39.2 Å². The third-order valence-corrected chi connectivity index (χ3v) is 3.05. The van der Waals surface area contributed by atoms with Crippen LogP contribution in [0.4, 0.5) is 0 Å². The number of carboxylic acids is 1. The van der Waals surface area contributed by atoms with Gasteiger partial charge in [0.1, 0.15) is 0 Å². The number of hydrogen-bond acceptors (Lipinski definition) is 3. The van der Waals surface area contributed by atoms with Crippen LogP contribution in [-0.2, 0) is 9.53 Å². The monoisotopic (exact) mass is 229 g/mol. The Morgan fingerprint density at radius 1 is 1.38 bits per heavy atom. The first-order valence-electron chi connectivity index (χ1n) is 6.28. The molecule has 4 nitrogen and oxygen atoms in total. The van der Waals surface area contributed by atoms with Crippen LogP contribution in [0.5, 0.6) is 0 Å². The third-order valence-electron chi connectivity index (χ3n) is 3.05. The largest absolute Gasteiger partial charge is 0.481 e. The Morgan fingerprint density at radius 2 is 2.06 bits per heavy atom. The van der Waals surface area contributed by atoms with Crippen molar-refractivity contribution < 1.29 is 14.6 Å². The molecule has 4 heteroatoms. The lowest BCUT2D eigenvalue weighted by molar-refractivity contribution is -0.137. The standard InChI is InChI=1S/C12H23NO3/c1-2-16-11-6-9-13(10-7-11)8-4-3-5-12(14)15/h11H,2-10H2,1H3,(H,14,15). The minimum atomic E-state index is -0.685. The highest BCUT2D eigenvalue weighted by Crippen LogP contribution is 2.14. The van der Waals surface area contributed by atoms with Crippen molar-refractivity contribution in [3.05, 3.63) is 0 Å². The number of nitrogens with zero attached hydrogens (tertiary/aromatic N) is 1. The number of unbranched alkanes of at least 4 members (excludes halogenated alkanes) is 1. The summed E-state index contributed by atoms with van der Waals surface area (Å²) in [5.74, 6) is -0.685. The molecule has 0 spiro atoms. The zero-order valence-corrected chi connectivity index (χ0v) is 10.2. The molecule has 0 radical (unpaired) electrons. The maximum Gasteiger partial charge on any atom is 0.303 e. The number of carbonyl (C=O) groups is 1. The predicted octanol–water partition coefficient (Wildman–Crippen LogP) is 1.74. The van der Waals surface area contributed by atoms with Crippen molar-refractivity contribution >= 4 is 5.97 Å². The molecular weight excluding hydrogens is 206 g/mol. The lowest BCUT2D eigenvalue weighted by Gasteiger charge is -2.31. The van der Waals surface area contributed by atoms with Gasteiger partial charge >= 0.3 is 5.97 Å². The van der Waals surface area contributed by atoms with Gasteiger partial charge in [-0.15, -0.1) is 0 Å². The van der Waals surface area contributed by atoms with Crippen LogP contribution in [0.15, 0.2) is 0 Å². The van der Waals surface area contributed by atoms with Crippen LogP contribution in [0.2, 0.25) is 0 Å². The summed E-state index contributed by atoms with van der Waals surface area (Å²) in [6.45, 7) is 6.07. The van der Waals surface area contributed by atoms with Gasteiger partial charge < -0.3 is 14.7 Å². The average Bonchev–Trinajstić information content (AvgIpc) is 2.27. The van der Waals surface area contributed by atoms with Crippen molar-refractivity contribution in [2.24, 2.45) is 0 Å². The van der Waals surface area contributed by atoms with Gasteiger partial charge in [0.2, 0.25) is 0 Å². The first kappa shape index (κ1) is 13.5. The summed E-state index contributed by atoms with van der Waals surface area (Å²) in [6.07, 6.45) is 4.77. The lowest BCUT2D eigenvalue weighted by Crippen LogP contribution is -2.37. The molecule has 1 N–H and O–H groups in total. The van der Waals surface area contributed by atoms with Gasteiger partial charge in [-0.3, -0.25) is 4.79 Å². The molecule has 1 aliphatic rings. The minimum Gasteiger partial charge on any atom is -0.481 e. The summed E-state index contributed by atoms with van der Waals surface area (Å²) in [7, 11) is 0. The molecule has 1 heterocycles. The van der Waals surface area contributed by atoms with Crippen molar-refractivity contribution in [2.45, 2.75) is 45.1 Å². The number of piperidine rings is 1. The Bertz CT molecular complexity index is 200. The van der Waals surface area contributed by atoms with E-state index < -0.39 is 5.97 Å². The van der Waals surface area contributed by atoms with Gasteiger partial charge in [0.15, 0.2) is 0 Å². The first-order valence-corrected chi connectivity index (χ1v) is 6.28. The molecule has 0 atom stereocenters. The summed E-state index contributed by atoms with van der Waals surface area (Å²) >= 11 is 0. The number of likely N-dealkylation sites (tertiary alicyclic amines) is 1. The molecule has 1 aliphatic heterocycles. The topological polar surface area (TPSA) is 49.8 Å². The zero-order chi connectivity index (χ0) is 11.8. The van der Waals surface area contributed by atoms with E-state index in [0.29, 0.717) is 12.5 Å². The Labute approximate surface area is 97.6 Å². The molecule has 0 aromatic rings. The molecule has 94 valence electrons. The van der Waals surface area contributed by atoms with E-state index in [1.807, 2.05) is 6.92 Å². The van der Waals surface area contributed by atoms with Gasteiger partial charge in [-0.2, -0.15) is 0 Å². The Hall–Kier alpha value is -0.610. The molecule has 0 aliphatic carbocycles. The van der Waals surface area contributed by atoms with Crippen LogP contribution in [0, 0.1) is 0 Å². The van der Waals surface area contributed by atoms with Crippen LogP contribution < -0.4 is 0 Å². The summed E-state index contributed by atoms with van der Waals surface area (Å²) in [4.78, 5) is 12.7. The van der Waals surface area contributed by atoms with Crippen molar-refractivity contribution in [1.29, 1.82) is 0 Å². The predicted molar refractivity (Wildman–Crippen MR) is 62.6 cm³/mol. The maximum atomic E-state index is 10.3. The smallest absolute Gasteiger partial charge is 0.303 e. The highest BCUT2D eigenvalue weighted by Gasteiger charge is 2.18. The third kappa shape index (κ3) is 5.47. The first-order chi connectivity index (χ1) is 7.72. The van der Waals surface area contributed by atoms with E-state index >= 15 is 0 Å². The van der Waals surface area contributed by atoms with E-state index in [9.17, 15) is 4.79 Å². The summed E-state index contributed by atoms with van der Waals surface area (Å²) < 4.78 is 5.58. The van der Waals surface area contributed by atoms with Crippen LogP contribution in [0.25, 0.3) is 0 Å². The number of aliphatic carboxylic acids is 1. The lowest BCUT2D eigenvalue weighted by atomic mass is 10.1. The summed E-state index contributed by atoms with van der Waals surface area (Å²) in [6, 6.07) is 0. The van der Waals surface area contributed by atoms with Gasteiger partial charge in [0.05, 0.1) is 6.10 Å². The molecule has 0 aromatic carbocycles. The van der Waals surface area contributed by atoms with Crippen molar-refractivity contribution in [1.82, 2.24) is 4.90 Å². The van der Waals surface area contributed by atoms with Gasteiger partial charge in [0, 0.05) is 26.1 Å². The van der Waals surface area contributed by atoms with Gasteiger partial charge in [-0.25, -0.2) is 0 Å².